The highest BCUT2D eigenvalue weighted by Crippen LogP contribution is 2.50. The van der Waals surface area contributed by atoms with Crippen LogP contribution in [0.4, 0.5) is 0 Å². The van der Waals surface area contributed by atoms with Crippen LogP contribution in [0.2, 0.25) is 6.55 Å². The Morgan fingerprint density at radius 2 is 0.825 bits per heavy atom. The Morgan fingerprint density at radius 1 is 0.333 bits per heavy atom. The summed E-state index contributed by atoms with van der Waals surface area (Å²) >= 11 is 0. The summed E-state index contributed by atoms with van der Waals surface area (Å²) in [6.07, 6.45) is 0. The van der Waals surface area contributed by atoms with E-state index in [0.717, 1.165) is 0 Å². The summed E-state index contributed by atoms with van der Waals surface area (Å²) in [7, 11) is -0.522. The van der Waals surface area contributed by atoms with E-state index in [-0.39, 0.29) is 5.41 Å². The molecular formula is C56H42Si. The second-order valence-corrected chi connectivity index (χ2v) is 17.8. The maximum absolute atomic E-state index is 2.49. The maximum atomic E-state index is 2.49. The minimum Gasteiger partial charge on any atom is -0.0708 e. The third-order valence-corrected chi connectivity index (χ3v) is 14.2. The van der Waals surface area contributed by atoms with Gasteiger partial charge in [-0.2, -0.15) is 0 Å². The van der Waals surface area contributed by atoms with Crippen molar-refractivity contribution in [2.24, 2.45) is 0 Å². The molecule has 1 heteroatoms. The Morgan fingerprint density at radius 3 is 1.49 bits per heavy atom. The van der Waals surface area contributed by atoms with Crippen LogP contribution in [0.5, 0.6) is 0 Å². The third-order valence-electron chi connectivity index (χ3n) is 12.8. The number of hydrogen-bond donors (Lipinski definition) is 0. The average molecular weight is 743 g/mol. The van der Waals surface area contributed by atoms with Crippen molar-refractivity contribution >= 4 is 57.8 Å². The zero-order valence-corrected chi connectivity index (χ0v) is 34.0. The van der Waals surface area contributed by atoms with Crippen LogP contribution in [0.1, 0.15) is 25.0 Å². The molecule has 0 amide bonds. The first-order valence-electron chi connectivity index (χ1n) is 20.3. The maximum Gasteiger partial charge on any atom is 0.0525 e. The monoisotopic (exact) mass is 742 g/mol. The highest BCUT2D eigenvalue weighted by molar-refractivity contribution is 6.54. The van der Waals surface area contributed by atoms with Crippen molar-refractivity contribution in [1.29, 1.82) is 0 Å². The van der Waals surface area contributed by atoms with Crippen molar-refractivity contribution in [2.75, 3.05) is 0 Å². The zero-order chi connectivity index (χ0) is 38.3. The molecule has 0 N–H and O–H groups in total. The van der Waals surface area contributed by atoms with Gasteiger partial charge in [0.2, 0.25) is 0 Å². The van der Waals surface area contributed by atoms with Crippen molar-refractivity contribution in [3.8, 4) is 55.6 Å². The lowest BCUT2D eigenvalue weighted by atomic mass is 9.81. The molecule has 1 aliphatic rings. The molecule has 10 aromatic rings. The predicted octanol–water partition coefficient (Wildman–Crippen LogP) is 14.1. The van der Waals surface area contributed by atoms with Gasteiger partial charge >= 0.3 is 0 Å². The van der Waals surface area contributed by atoms with E-state index in [1.54, 1.807) is 0 Å². The first kappa shape index (κ1) is 33.8. The van der Waals surface area contributed by atoms with Gasteiger partial charge in [0.15, 0.2) is 0 Å². The Kier molecular flexibility index (Phi) is 7.71. The SMILES string of the molecule is C[SiH2]c1cc(-c2ccc3c(c2)C(C)(C)c2ccccc2-3)ccc1-c1ccc2c(-c3ccc4ccccc4c3)c3ccccc3c(-c3ccc4ccccc4c3)c2c1. The second-order valence-electron chi connectivity index (χ2n) is 16.3. The molecule has 0 fully saturated rings. The molecule has 11 rings (SSSR count). The predicted molar refractivity (Wildman–Crippen MR) is 250 cm³/mol. The smallest absolute Gasteiger partial charge is 0.0525 e. The Labute approximate surface area is 336 Å². The van der Waals surface area contributed by atoms with Gasteiger partial charge in [0.25, 0.3) is 0 Å². The molecule has 0 aromatic heterocycles. The fourth-order valence-corrected chi connectivity index (χ4v) is 11.0. The molecule has 0 saturated carbocycles. The lowest BCUT2D eigenvalue weighted by molar-refractivity contribution is 0.660. The van der Waals surface area contributed by atoms with Crippen molar-refractivity contribution in [3.05, 3.63) is 199 Å². The second kappa shape index (κ2) is 13.0. The van der Waals surface area contributed by atoms with Gasteiger partial charge in [0.1, 0.15) is 0 Å². The highest BCUT2D eigenvalue weighted by atomic mass is 28.2. The van der Waals surface area contributed by atoms with Crippen molar-refractivity contribution < 1.29 is 0 Å². The third kappa shape index (κ3) is 5.34. The summed E-state index contributed by atoms with van der Waals surface area (Å²) in [5.74, 6) is 0. The summed E-state index contributed by atoms with van der Waals surface area (Å²) in [4.78, 5) is 0. The topological polar surface area (TPSA) is 0 Å². The number of benzene rings is 10. The van der Waals surface area contributed by atoms with Crippen molar-refractivity contribution in [2.45, 2.75) is 25.8 Å². The van der Waals surface area contributed by atoms with E-state index in [1.807, 2.05) is 0 Å². The van der Waals surface area contributed by atoms with Gasteiger partial charge in [-0.05, 0) is 134 Å². The van der Waals surface area contributed by atoms with E-state index in [4.69, 9.17) is 0 Å². The molecule has 0 bridgehead atoms. The molecule has 270 valence electrons. The van der Waals surface area contributed by atoms with E-state index in [0.29, 0.717) is 0 Å². The van der Waals surface area contributed by atoms with Crippen molar-refractivity contribution in [3.63, 3.8) is 0 Å². The molecule has 57 heavy (non-hydrogen) atoms. The first-order chi connectivity index (χ1) is 28.0. The van der Waals surface area contributed by atoms with Gasteiger partial charge in [0.05, 0.1) is 9.52 Å². The van der Waals surface area contributed by atoms with Crippen LogP contribution in [0.15, 0.2) is 188 Å². The van der Waals surface area contributed by atoms with Gasteiger partial charge in [-0.15, -0.1) is 0 Å². The Hall–Kier alpha value is -6.54. The summed E-state index contributed by atoms with van der Waals surface area (Å²) in [5.41, 5.74) is 15.9. The molecule has 0 unspecified atom stereocenters. The van der Waals surface area contributed by atoms with Gasteiger partial charge in [-0.25, -0.2) is 0 Å². The fourth-order valence-electron chi connectivity index (χ4n) is 9.89. The minimum absolute atomic E-state index is 0.0199. The van der Waals surface area contributed by atoms with E-state index in [1.165, 1.54) is 115 Å². The van der Waals surface area contributed by atoms with Crippen molar-refractivity contribution in [1.82, 2.24) is 0 Å². The van der Waals surface area contributed by atoms with Crippen LogP contribution in [0.25, 0.3) is 98.7 Å². The highest BCUT2D eigenvalue weighted by Gasteiger charge is 2.35. The number of hydrogen-bond acceptors (Lipinski definition) is 0. The number of fused-ring (bicyclic) bond motifs is 7. The summed E-state index contributed by atoms with van der Waals surface area (Å²) < 4.78 is 0. The fraction of sp³-hybridized carbons (Fsp3) is 0.0714. The van der Waals surface area contributed by atoms with Crippen LogP contribution in [-0.2, 0) is 5.41 Å². The molecule has 0 spiro atoms. The van der Waals surface area contributed by atoms with Gasteiger partial charge in [-0.3, -0.25) is 0 Å². The summed E-state index contributed by atoms with van der Waals surface area (Å²) in [6, 6.07) is 71.0. The van der Waals surface area contributed by atoms with E-state index < -0.39 is 9.52 Å². The zero-order valence-electron chi connectivity index (χ0n) is 32.6. The van der Waals surface area contributed by atoms with Gasteiger partial charge < -0.3 is 0 Å². The quantitative estimate of drug-likeness (QED) is 0.122. The molecule has 0 aliphatic heterocycles. The first-order valence-corrected chi connectivity index (χ1v) is 22.4. The number of rotatable bonds is 5. The lowest BCUT2D eigenvalue weighted by Crippen LogP contribution is -2.15. The standard InChI is InChI=1S/C56H42Si/c1-56(2)51-19-11-10-16-45(51)46-28-25-39(33-52(46)56)40-24-27-44(53(34-40)57-3)41-26-29-49-50(32-41)55(43-23-21-36-13-5-7-15-38(36)31-43)48-18-9-8-17-47(48)54(49)42-22-20-35-12-4-6-14-37(35)30-42/h4-34H,57H2,1-3H3. The average Bonchev–Trinajstić information content (AvgIpc) is 3.50. The Bertz CT molecular complexity index is 3250. The molecular weight excluding hydrogens is 701 g/mol. The molecule has 0 atom stereocenters. The molecule has 0 nitrogen and oxygen atoms in total. The lowest BCUT2D eigenvalue weighted by Gasteiger charge is -2.22. The van der Waals surface area contributed by atoms with E-state index in [9.17, 15) is 0 Å². The largest absolute Gasteiger partial charge is 0.0708 e. The minimum atomic E-state index is -0.522. The van der Waals surface area contributed by atoms with Crippen LogP contribution in [0.3, 0.4) is 0 Å². The Balaban J connectivity index is 1.12. The van der Waals surface area contributed by atoms with E-state index >= 15 is 0 Å². The summed E-state index contributed by atoms with van der Waals surface area (Å²) in [6.45, 7) is 7.17. The molecule has 0 saturated heterocycles. The van der Waals surface area contributed by atoms with E-state index in [2.05, 4.69) is 208 Å². The van der Waals surface area contributed by atoms with Crippen LogP contribution < -0.4 is 5.19 Å². The molecule has 0 radical (unpaired) electrons. The summed E-state index contributed by atoms with van der Waals surface area (Å²) in [5, 5.41) is 11.7. The molecule has 0 heterocycles. The molecule has 10 aromatic carbocycles. The molecule has 1 aliphatic carbocycles. The van der Waals surface area contributed by atoms with Crippen LogP contribution >= 0.6 is 0 Å². The van der Waals surface area contributed by atoms with Gasteiger partial charge in [-0.1, -0.05) is 189 Å². The van der Waals surface area contributed by atoms with Crippen LogP contribution in [-0.4, -0.2) is 9.52 Å². The van der Waals surface area contributed by atoms with Gasteiger partial charge in [0, 0.05) is 5.41 Å². The van der Waals surface area contributed by atoms with Crippen LogP contribution in [0, 0.1) is 0 Å². The normalized spacial score (nSPS) is 13.2.